The highest BCUT2D eigenvalue weighted by molar-refractivity contribution is 7.89. The maximum atomic E-state index is 12.8. The fourth-order valence-electron chi connectivity index (χ4n) is 3.44. The van der Waals surface area contributed by atoms with Gasteiger partial charge in [0.25, 0.3) is 0 Å². The summed E-state index contributed by atoms with van der Waals surface area (Å²) in [5.74, 6) is 0.341. The first-order valence-electron chi connectivity index (χ1n) is 8.97. The average Bonchev–Trinajstić information content (AvgIpc) is 3.40. The van der Waals surface area contributed by atoms with Gasteiger partial charge in [0, 0.05) is 24.2 Å². The van der Waals surface area contributed by atoms with Gasteiger partial charge in [-0.15, -0.1) is 0 Å². The zero-order valence-corrected chi connectivity index (χ0v) is 15.5. The van der Waals surface area contributed by atoms with Crippen LogP contribution in [-0.4, -0.2) is 20.9 Å². The van der Waals surface area contributed by atoms with Gasteiger partial charge >= 0.3 is 0 Å². The summed E-state index contributed by atoms with van der Waals surface area (Å²) in [4.78, 5) is 14.4. The molecule has 1 aliphatic heterocycles. The molecule has 2 aliphatic rings. The van der Waals surface area contributed by atoms with Gasteiger partial charge in [-0.05, 0) is 55.5 Å². The number of hydrogen-bond donors (Lipinski definition) is 1. The van der Waals surface area contributed by atoms with E-state index in [1.165, 1.54) is 0 Å². The van der Waals surface area contributed by atoms with E-state index in [1.807, 2.05) is 42.2 Å². The predicted octanol–water partition coefficient (Wildman–Crippen LogP) is 3.03. The number of benzene rings is 2. The molecule has 5 nitrogen and oxygen atoms in total. The lowest BCUT2D eigenvalue weighted by molar-refractivity contribution is -0.119. The topological polar surface area (TPSA) is 66.5 Å². The van der Waals surface area contributed by atoms with E-state index in [9.17, 15) is 13.2 Å². The Bertz CT molecular complexity index is 937. The van der Waals surface area contributed by atoms with Crippen molar-refractivity contribution in [1.29, 1.82) is 0 Å². The van der Waals surface area contributed by atoms with Gasteiger partial charge in [-0.1, -0.05) is 30.3 Å². The molecule has 2 aromatic carbocycles. The van der Waals surface area contributed by atoms with Crippen LogP contribution in [0.3, 0.4) is 0 Å². The van der Waals surface area contributed by atoms with E-state index in [0.29, 0.717) is 13.0 Å². The number of nitrogens with zero attached hydrogens (tertiary/aromatic N) is 1. The quantitative estimate of drug-likeness (QED) is 0.880. The predicted molar refractivity (Wildman–Crippen MR) is 100 cm³/mol. The van der Waals surface area contributed by atoms with E-state index >= 15 is 0 Å². The summed E-state index contributed by atoms with van der Waals surface area (Å²) >= 11 is 0. The fourth-order valence-corrected chi connectivity index (χ4v) is 4.72. The first kappa shape index (κ1) is 17.2. The molecule has 1 atom stereocenters. The Morgan fingerprint density at radius 1 is 1.15 bits per heavy atom. The van der Waals surface area contributed by atoms with Gasteiger partial charge in [0.05, 0.1) is 4.90 Å². The molecule has 4 rings (SSSR count). The minimum atomic E-state index is -3.62. The van der Waals surface area contributed by atoms with Gasteiger partial charge in [0.1, 0.15) is 0 Å². The second-order valence-corrected chi connectivity index (χ2v) is 8.77. The largest absolute Gasteiger partial charge is 0.312 e. The molecule has 0 aromatic heterocycles. The van der Waals surface area contributed by atoms with Crippen molar-refractivity contribution in [2.45, 2.75) is 37.1 Å². The SMILES string of the molecule is CC(NS(=O)(=O)c1ccc2c(c1)CCN2C(=O)C1CC1)c1ccccc1. The lowest BCUT2D eigenvalue weighted by atomic mass is 10.1. The zero-order valence-electron chi connectivity index (χ0n) is 14.7. The second-order valence-electron chi connectivity index (χ2n) is 7.06. The minimum Gasteiger partial charge on any atom is -0.312 e. The normalized spacial score (nSPS) is 17.8. The Hall–Kier alpha value is -2.18. The molecule has 1 unspecified atom stereocenters. The third-order valence-electron chi connectivity index (χ3n) is 5.08. The number of nitrogens with one attached hydrogen (secondary N) is 1. The van der Waals surface area contributed by atoms with Crippen LogP contribution in [0.1, 0.15) is 36.9 Å². The summed E-state index contributed by atoms with van der Waals surface area (Å²) in [5, 5.41) is 0. The molecule has 6 heteroatoms. The summed E-state index contributed by atoms with van der Waals surface area (Å²) in [6.07, 6.45) is 2.64. The third-order valence-corrected chi connectivity index (χ3v) is 6.62. The number of hydrogen-bond acceptors (Lipinski definition) is 3. The molecule has 1 amide bonds. The van der Waals surface area contributed by atoms with E-state index in [-0.39, 0.29) is 22.8 Å². The highest BCUT2D eigenvalue weighted by Gasteiger charge is 2.36. The molecule has 0 radical (unpaired) electrons. The molecular weight excluding hydrogens is 348 g/mol. The molecule has 1 aliphatic carbocycles. The summed E-state index contributed by atoms with van der Waals surface area (Å²) in [5.41, 5.74) is 2.70. The van der Waals surface area contributed by atoms with E-state index in [1.54, 1.807) is 18.2 Å². The third kappa shape index (κ3) is 3.27. The number of rotatable bonds is 5. The van der Waals surface area contributed by atoms with Crippen molar-refractivity contribution >= 4 is 21.6 Å². The highest BCUT2D eigenvalue weighted by atomic mass is 32.2. The van der Waals surface area contributed by atoms with Crippen LogP contribution in [0.5, 0.6) is 0 Å². The second kappa shape index (κ2) is 6.52. The number of anilines is 1. The van der Waals surface area contributed by atoms with Crippen LogP contribution in [0.2, 0.25) is 0 Å². The molecule has 1 heterocycles. The summed E-state index contributed by atoms with van der Waals surface area (Å²) in [6, 6.07) is 14.2. The monoisotopic (exact) mass is 370 g/mol. The summed E-state index contributed by atoms with van der Waals surface area (Å²) in [6.45, 7) is 2.47. The summed E-state index contributed by atoms with van der Waals surface area (Å²) < 4.78 is 28.2. The average molecular weight is 370 g/mol. The maximum absolute atomic E-state index is 12.8. The molecule has 136 valence electrons. The van der Waals surface area contributed by atoms with Crippen LogP contribution in [0.15, 0.2) is 53.4 Å². The van der Waals surface area contributed by atoms with Crippen molar-refractivity contribution in [3.63, 3.8) is 0 Å². The van der Waals surface area contributed by atoms with Crippen molar-refractivity contribution in [2.24, 2.45) is 5.92 Å². The van der Waals surface area contributed by atoms with Crippen molar-refractivity contribution in [3.8, 4) is 0 Å². The Kier molecular flexibility index (Phi) is 4.32. The van der Waals surface area contributed by atoms with Crippen LogP contribution < -0.4 is 9.62 Å². The van der Waals surface area contributed by atoms with Crippen molar-refractivity contribution in [2.75, 3.05) is 11.4 Å². The number of sulfonamides is 1. The summed E-state index contributed by atoms with van der Waals surface area (Å²) in [7, 11) is -3.62. The Morgan fingerprint density at radius 3 is 2.58 bits per heavy atom. The molecule has 26 heavy (non-hydrogen) atoms. The van der Waals surface area contributed by atoms with Gasteiger partial charge < -0.3 is 4.90 Å². The van der Waals surface area contributed by atoms with Crippen LogP contribution in [0.4, 0.5) is 5.69 Å². The fraction of sp³-hybridized carbons (Fsp3) is 0.350. The van der Waals surface area contributed by atoms with Gasteiger partial charge in [-0.2, -0.15) is 0 Å². The molecular formula is C20H22N2O3S. The van der Waals surface area contributed by atoms with Gasteiger partial charge in [-0.3, -0.25) is 4.79 Å². The van der Waals surface area contributed by atoms with Crippen LogP contribution in [0.25, 0.3) is 0 Å². The van der Waals surface area contributed by atoms with Crippen LogP contribution in [-0.2, 0) is 21.2 Å². The minimum absolute atomic E-state index is 0.165. The molecule has 2 aromatic rings. The maximum Gasteiger partial charge on any atom is 0.241 e. The number of carbonyl (C=O) groups is 1. The number of amides is 1. The first-order valence-corrected chi connectivity index (χ1v) is 10.5. The van der Waals surface area contributed by atoms with Gasteiger partial charge in [0.15, 0.2) is 0 Å². The van der Waals surface area contributed by atoms with E-state index in [4.69, 9.17) is 0 Å². The van der Waals surface area contributed by atoms with E-state index < -0.39 is 10.0 Å². The Balaban J connectivity index is 1.55. The zero-order chi connectivity index (χ0) is 18.3. The highest BCUT2D eigenvalue weighted by Crippen LogP contribution is 2.37. The van der Waals surface area contributed by atoms with Crippen molar-refractivity contribution in [3.05, 3.63) is 59.7 Å². The molecule has 0 spiro atoms. The lowest BCUT2D eigenvalue weighted by Crippen LogP contribution is -2.30. The van der Waals surface area contributed by atoms with Crippen LogP contribution >= 0.6 is 0 Å². The van der Waals surface area contributed by atoms with E-state index in [2.05, 4.69) is 4.72 Å². The van der Waals surface area contributed by atoms with Crippen LogP contribution in [0, 0.1) is 5.92 Å². The molecule has 1 fully saturated rings. The van der Waals surface area contributed by atoms with Gasteiger partial charge in [-0.25, -0.2) is 13.1 Å². The van der Waals surface area contributed by atoms with Crippen molar-refractivity contribution in [1.82, 2.24) is 4.72 Å². The number of fused-ring (bicyclic) bond motifs is 1. The Labute approximate surface area is 154 Å². The standard InChI is InChI=1S/C20H22N2O3S/c1-14(15-5-3-2-4-6-15)21-26(24,25)18-9-10-19-17(13-18)11-12-22(19)20(23)16-7-8-16/h2-6,9-10,13-14,16,21H,7-8,11-12H2,1H3. The molecule has 0 saturated heterocycles. The Morgan fingerprint density at radius 2 is 1.88 bits per heavy atom. The molecule has 0 bridgehead atoms. The van der Waals surface area contributed by atoms with Crippen molar-refractivity contribution < 1.29 is 13.2 Å². The molecule has 1 saturated carbocycles. The first-order chi connectivity index (χ1) is 12.5. The van der Waals surface area contributed by atoms with E-state index in [0.717, 1.165) is 29.7 Å². The smallest absolute Gasteiger partial charge is 0.241 e. The lowest BCUT2D eigenvalue weighted by Gasteiger charge is -2.18. The van der Waals surface area contributed by atoms with Gasteiger partial charge in [0.2, 0.25) is 15.9 Å². The number of carbonyl (C=O) groups excluding carboxylic acids is 1. The molecule has 1 N–H and O–H groups in total.